The fourth-order valence-corrected chi connectivity index (χ4v) is 4.03. The van der Waals surface area contributed by atoms with Gasteiger partial charge >= 0.3 is 0 Å². The Morgan fingerprint density at radius 3 is 2.95 bits per heavy atom. The van der Waals surface area contributed by atoms with Crippen molar-refractivity contribution in [2.75, 3.05) is 0 Å². The van der Waals surface area contributed by atoms with E-state index in [1.807, 2.05) is 0 Å². The molecule has 3 aliphatic rings. The van der Waals surface area contributed by atoms with Gasteiger partial charge in [0, 0.05) is 11.8 Å². The van der Waals surface area contributed by atoms with Gasteiger partial charge in [0.1, 0.15) is 0 Å². The molecule has 1 saturated carbocycles. The van der Waals surface area contributed by atoms with Gasteiger partial charge in [-0.15, -0.1) is 0 Å². The van der Waals surface area contributed by atoms with Gasteiger partial charge in [-0.05, 0) is 43.6 Å². The van der Waals surface area contributed by atoms with Crippen molar-refractivity contribution in [2.24, 2.45) is 23.7 Å². The van der Waals surface area contributed by atoms with Crippen molar-refractivity contribution < 1.29 is 14.7 Å². The first-order valence-corrected chi connectivity index (χ1v) is 7.89. The number of hydrogen-bond acceptors (Lipinski definition) is 3. The quantitative estimate of drug-likeness (QED) is 0.603. The number of carbonyl (C=O) groups excluding carboxylic acids is 2. The standard InChI is InChI=1S/C17H23NO3/c1-10(2)16(20)18-17(21)13-8-4-6-11-5-3-7-12(15(11)13)9-14(17)19/h4,6,9-11,13,15,21H,3,5,7-8H2,1-2H3,(H,18,20)/t11-,13+,15+,17-/m1/s1. The van der Waals surface area contributed by atoms with Gasteiger partial charge in [0.15, 0.2) is 0 Å². The van der Waals surface area contributed by atoms with Gasteiger partial charge in [0.25, 0.3) is 0 Å². The van der Waals surface area contributed by atoms with E-state index in [1.165, 1.54) is 0 Å². The number of nitrogens with one attached hydrogen (secondary N) is 1. The summed E-state index contributed by atoms with van der Waals surface area (Å²) in [5.74, 6) is -0.539. The molecule has 0 unspecified atom stereocenters. The molecule has 0 radical (unpaired) electrons. The maximum atomic E-state index is 12.5. The molecule has 3 rings (SSSR count). The Balaban J connectivity index is 1.98. The van der Waals surface area contributed by atoms with Crippen LogP contribution in [0.15, 0.2) is 23.8 Å². The fraction of sp³-hybridized carbons (Fsp3) is 0.647. The van der Waals surface area contributed by atoms with E-state index < -0.39 is 5.72 Å². The van der Waals surface area contributed by atoms with Gasteiger partial charge < -0.3 is 10.4 Å². The van der Waals surface area contributed by atoms with Crippen LogP contribution in [0.4, 0.5) is 0 Å². The molecule has 4 nitrogen and oxygen atoms in total. The van der Waals surface area contributed by atoms with Gasteiger partial charge in [-0.25, -0.2) is 0 Å². The van der Waals surface area contributed by atoms with E-state index in [-0.39, 0.29) is 29.4 Å². The van der Waals surface area contributed by atoms with Crippen molar-refractivity contribution in [3.8, 4) is 0 Å². The predicted octanol–water partition coefficient (Wildman–Crippen LogP) is 1.95. The zero-order valence-electron chi connectivity index (χ0n) is 12.6. The highest BCUT2D eigenvalue weighted by molar-refractivity contribution is 6.01. The molecule has 0 saturated heterocycles. The number of ketones is 1. The molecule has 2 N–H and O–H groups in total. The van der Waals surface area contributed by atoms with E-state index in [0.29, 0.717) is 12.3 Å². The number of carbonyl (C=O) groups is 2. The van der Waals surface area contributed by atoms with Crippen LogP contribution in [0.3, 0.4) is 0 Å². The molecule has 0 aromatic rings. The second-order valence-corrected chi connectivity index (χ2v) is 6.85. The first-order chi connectivity index (χ1) is 9.93. The van der Waals surface area contributed by atoms with Crippen molar-refractivity contribution in [2.45, 2.75) is 45.3 Å². The highest BCUT2D eigenvalue weighted by Crippen LogP contribution is 2.49. The molecular formula is C17H23NO3. The Kier molecular flexibility index (Phi) is 3.52. The summed E-state index contributed by atoms with van der Waals surface area (Å²) in [6, 6.07) is 0. The van der Waals surface area contributed by atoms with Gasteiger partial charge in [-0.3, -0.25) is 9.59 Å². The van der Waals surface area contributed by atoms with Crippen molar-refractivity contribution in [3.63, 3.8) is 0 Å². The SMILES string of the molecule is CC(C)C(=O)N[C@]1(O)C(=O)C=C2CCC[C@@H]3C=CC[C@H]1[C@H]23. The lowest BCUT2D eigenvalue weighted by Crippen LogP contribution is -2.64. The summed E-state index contributed by atoms with van der Waals surface area (Å²) in [7, 11) is 0. The van der Waals surface area contributed by atoms with E-state index in [0.717, 1.165) is 24.8 Å². The van der Waals surface area contributed by atoms with Crippen LogP contribution in [0, 0.1) is 23.7 Å². The third-order valence-electron chi connectivity index (χ3n) is 5.17. The maximum Gasteiger partial charge on any atom is 0.225 e. The molecule has 0 spiro atoms. The molecule has 4 heteroatoms. The lowest BCUT2D eigenvalue weighted by Gasteiger charge is -2.49. The van der Waals surface area contributed by atoms with Gasteiger partial charge in [0.2, 0.25) is 17.4 Å². The van der Waals surface area contributed by atoms with Crippen molar-refractivity contribution in [1.82, 2.24) is 5.32 Å². The second-order valence-electron chi connectivity index (χ2n) is 6.85. The van der Waals surface area contributed by atoms with Crippen LogP contribution < -0.4 is 5.32 Å². The lowest BCUT2D eigenvalue weighted by atomic mass is 9.59. The van der Waals surface area contributed by atoms with Crippen molar-refractivity contribution in [1.29, 1.82) is 0 Å². The largest absolute Gasteiger partial charge is 0.364 e. The summed E-state index contributed by atoms with van der Waals surface area (Å²) >= 11 is 0. The zero-order chi connectivity index (χ0) is 15.2. The first-order valence-electron chi connectivity index (χ1n) is 7.89. The van der Waals surface area contributed by atoms with Crippen molar-refractivity contribution >= 4 is 11.7 Å². The van der Waals surface area contributed by atoms with Crippen LogP contribution in [0.25, 0.3) is 0 Å². The topological polar surface area (TPSA) is 66.4 Å². The Labute approximate surface area is 125 Å². The van der Waals surface area contributed by atoms with Crippen LogP contribution in [-0.2, 0) is 9.59 Å². The van der Waals surface area contributed by atoms with Crippen LogP contribution in [0.2, 0.25) is 0 Å². The third-order valence-corrected chi connectivity index (χ3v) is 5.17. The van der Waals surface area contributed by atoms with E-state index in [4.69, 9.17) is 0 Å². The minimum absolute atomic E-state index is 0.193. The first kappa shape index (κ1) is 14.5. The smallest absolute Gasteiger partial charge is 0.225 e. The second kappa shape index (κ2) is 5.09. The van der Waals surface area contributed by atoms with Gasteiger partial charge in [-0.1, -0.05) is 31.6 Å². The number of hydrogen-bond donors (Lipinski definition) is 2. The molecule has 1 fully saturated rings. The molecule has 3 aliphatic carbocycles. The molecule has 4 atom stereocenters. The fourth-order valence-electron chi connectivity index (χ4n) is 4.03. The summed E-state index contributed by atoms with van der Waals surface area (Å²) in [6.07, 6.45) is 9.62. The summed E-state index contributed by atoms with van der Waals surface area (Å²) < 4.78 is 0. The normalized spacial score (nSPS) is 38.0. The Morgan fingerprint density at radius 2 is 2.24 bits per heavy atom. The van der Waals surface area contributed by atoms with Crippen LogP contribution in [-0.4, -0.2) is 22.5 Å². The number of allylic oxidation sites excluding steroid dienone is 3. The summed E-state index contributed by atoms with van der Waals surface area (Å²) in [4.78, 5) is 24.5. The minimum atomic E-state index is -1.74. The van der Waals surface area contributed by atoms with Crippen molar-refractivity contribution in [3.05, 3.63) is 23.8 Å². The monoisotopic (exact) mass is 289 g/mol. The molecule has 114 valence electrons. The van der Waals surface area contributed by atoms with E-state index in [1.54, 1.807) is 19.9 Å². The molecule has 0 bridgehead atoms. The van der Waals surface area contributed by atoms with E-state index in [9.17, 15) is 14.7 Å². The van der Waals surface area contributed by atoms with Gasteiger partial charge in [0.05, 0.1) is 0 Å². The number of aliphatic hydroxyl groups is 1. The summed E-state index contributed by atoms with van der Waals surface area (Å²) in [6.45, 7) is 3.52. The molecule has 21 heavy (non-hydrogen) atoms. The third kappa shape index (κ3) is 2.26. The average Bonchev–Trinajstić information content (AvgIpc) is 2.45. The lowest BCUT2D eigenvalue weighted by molar-refractivity contribution is -0.157. The Hall–Kier alpha value is -1.42. The predicted molar refractivity (Wildman–Crippen MR) is 79.1 cm³/mol. The molecule has 0 heterocycles. The van der Waals surface area contributed by atoms with Crippen LogP contribution in [0.1, 0.15) is 39.5 Å². The highest BCUT2D eigenvalue weighted by Gasteiger charge is 2.54. The average molecular weight is 289 g/mol. The molecular weight excluding hydrogens is 266 g/mol. The molecule has 1 amide bonds. The summed E-state index contributed by atoms with van der Waals surface area (Å²) in [5, 5.41) is 13.6. The summed E-state index contributed by atoms with van der Waals surface area (Å²) in [5.41, 5.74) is -0.579. The van der Waals surface area contributed by atoms with Gasteiger partial charge in [-0.2, -0.15) is 0 Å². The molecule has 0 aromatic heterocycles. The van der Waals surface area contributed by atoms with Crippen LogP contribution >= 0.6 is 0 Å². The van der Waals surface area contributed by atoms with E-state index in [2.05, 4.69) is 17.5 Å². The Bertz CT molecular complexity index is 534. The maximum absolute atomic E-state index is 12.5. The number of rotatable bonds is 2. The van der Waals surface area contributed by atoms with E-state index >= 15 is 0 Å². The Morgan fingerprint density at radius 1 is 1.48 bits per heavy atom. The molecule has 0 aromatic carbocycles. The zero-order valence-corrected chi connectivity index (χ0v) is 12.6. The van der Waals surface area contributed by atoms with Crippen LogP contribution in [0.5, 0.6) is 0 Å². The highest BCUT2D eigenvalue weighted by atomic mass is 16.3. The molecule has 0 aliphatic heterocycles. The number of amides is 1. The minimum Gasteiger partial charge on any atom is -0.364 e.